The maximum absolute atomic E-state index is 12.4. The van der Waals surface area contributed by atoms with Gasteiger partial charge in [0.2, 0.25) is 0 Å². The van der Waals surface area contributed by atoms with Gasteiger partial charge in [0.15, 0.2) is 0 Å². The smallest absolute Gasteiger partial charge is 0.388 e. The van der Waals surface area contributed by atoms with Crippen molar-refractivity contribution >= 4 is 17.7 Å². The quantitative estimate of drug-likeness (QED) is 0.841. The summed E-state index contributed by atoms with van der Waals surface area (Å²) in [5.74, 6) is -0.599. The van der Waals surface area contributed by atoms with Gasteiger partial charge in [-0.2, -0.15) is 13.2 Å². The van der Waals surface area contributed by atoms with Gasteiger partial charge in [-0.05, 0) is 43.2 Å². The number of halogens is 3. The molecule has 7 heteroatoms. The minimum atomic E-state index is -4.44. The SMILES string of the molecule is O=C(NCC1(O)CCC1)c1ccccc1SC(F)(F)F. The largest absolute Gasteiger partial charge is 0.446 e. The van der Waals surface area contributed by atoms with E-state index < -0.39 is 17.0 Å². The molecule has 0 aromatic heterocycles. The number of hydrogen-bond acceptors (Lipinski definition) is 3. The zero-order valence-electron chi connectivity index (χ0n) is 10.5. The predicted molar refractivity (Wildman–Crippen MR) is 69.5 cm³/mol. The van der Waals surface area contributed by atoms with Crippen LogP contribution in [0.4, 0.5) is 13.2 Å². The van der Waals surface area contributed by atoms with Crippen molar-refractivity contribution < 1.29 is 23.1 Å². The van der Waals surface area contributed by atoms with Crippen LogP contribution in [0, 0.1) is 0 Å². The highest BCUT2D eigenvalue weighted by Crippen LogP contribution is 2.38. The van der Waals surface area contributed by atoms with Crippen LogP contribution in [0.25, 0.3) is 0 Å². The average Bonchev–Trinajstić information content (AvgIpc) is 2.32. The summed E-state index contributed by atoms with van der Waals surface area (Å²) in [5.41, 5.74) is -5.37. The summed E-state index contributed by atoms with van der Waals surface area (Å²) in [6, 6.07) is 5.55. The van der Waals surface area contributed by atoms with Crippen LogP contribution in [-0.2, 0) is 0 Å². The molecule has 3 nitrogen and oxygen atoms in total. The highest BCUT2D eigenvalue weighted by molar-refractivity contribution is 8.00. The minimum absolute atomic E-state index is 0.0299. The van der Waals surface area contributed by atoms with Gasteiger partial charge in [-0.3, -0.25) is 4.79 Å². The third-order valence-electron chi connectivity index (χ3n) is 3.22. The van der Waals surface area contributed by atoms with Crippen LogP contribution in [-0.4, -0.2) is 28.7 Å². The first-order valence-corrected chi connectivity index (χ1v) is 6.96. The molecule has 2 rings (SSSR count). The number of carbonyl (C=O) groups is 1. The first-order valence-electron chi connectivity index (χ1n) is 6.14. The third-order valence-corrected chi connectivity index (χ3v) is 4.03. The number of amides is 1. The van der Waals surface area contributed by atoms with Crippen LogP contribution in [0.5, 0.6) is 0 Å². The van der Waals surface area contributed by atoms with E-state index >= 15 is 0 Å². The maximum atomic E-state index is 12.4. The van der Waals surface area contributed by atoms with E-state index in [1.165, 1.54) is 24.3 Å². The fraction of sp³-hybridized carbons (Fsp3) is 0.462. The van der Waals surface area contributed by atoms with Gasteiger partial charge in [0.05, 0.1) is 11.2 Å². The Morgan fingerprint density at radius 1 is 1.35 bits per heavy atom. The van der Waals surface area contributed by atoms with Crippen molar-refractivity contribution in [3.8, 4) is 0 Å². The Balaban J connectivity index is 2.05. The fourth-order valence-corrected chi connectivity index (χ4v) is 2.64. The van der Waals surface area contributed by atoms with Crippen LogP contribution >= 0.6 is 11.8 Å². The molecule has 0 atom stereocenters. The number of rotatable bonds is 4. The second-order valence-electron chi connectivity index (χ2n) is 4.80. The van der Waals surface area contributed by atoms with Crippen molar-refractivity contribution in [2.75, 3.05) is 6.54 Å². The molecule has 1 fully saturated rings. The summed E-state index contributed by atoms with van der Waals surface area (Å²) in [7, 11) is 0. The zero-order valence-corrected chi connectivity index (χ0v) is 11.4. The van der Waals surface area contributed by atoms with E-state index in [1.54, 1.807) is 0 Å². The molecule has 110 valence electrons. The second-order valence-corrected chi connectivity index (χ2v) is 5.91. The van der Waals surface area contributed by atoms with E-state index in [0.717, 1.165) is 6.42 Å². The van der Waals surface area contributed by atoms with Crippen LogP contribution < -0.4 is 5.32 Å². The van der Waals surface area contributed by atoms with E-state index in [0.29, 0.717) is 12.8 Å². The molecule has 1 aliphatic carbocycles. The molecule has 0 radical (unpaired) electrons. The van der Waals surface area contributed by atoms with Crippen molar-refractivity contribution in [1.29, 1.82) is 0 Å². The molecule has 1 aromatic carbocycles. The average molecular weight is 305 g/mol. The first-order chi connectivity index (χ1) is 9.29. The van der Waals surface area contributed by atoms with Crippen molar-refractivity contribution in [2.45, 2.75) is 35.3 Å². The van der Waals surface area contributed by atoms with Gasteiger partial charge in [-0.25, -0.2) is 0 Å². The molecule has 1 saturated carbocycles. The summed E-state index contributed by atoms with van der Waals surface area (Å²) >= 11 is -0.315. The summed E-state index contributed by atoms with van der Waals surface area (Å²) in [4.78, 5) is 11.8. The number of nitrogens with one attached hydrogen (secondary N) is 1. The lowest BCUT2D eigenvalue weighted by Crippen LogP contribution is -2.47. The molecule has 1 amide bonds. The number of thioether (sulfide) groups is 1. The molecular weight excluding hydrogens is 291 g/mol. The van der Waals surface area contributed by atoms with Crippen molar-refractivity contribution in [3.05, 3.63) is 29.8 Å². The molecule has 0 aliphatic heterocycles. The van der Waals surface area contributed by atoms with Gasteiger partial charge in [0, 0.05) is 11.4 Å². The number of benzene rings is 1. The highest BCUT2D eigenvalue weighted by Gasteiger charge is 2.35. The van der Waals surface area contributed by atoms with E-state index in [1.807, 2.05) is 0 Å². The summed E-state index contributed by atoms with van der Waals surface area (Å²) in [6.45, 7) is 0.0663. The van der Waals surface area contributed by atoms with Gasteiger partial charge in [0.1, 0.15) is 0 Å². The molecule has 0 unspecified atom stereocenters. The standard InChI is InChI=1S/C13H14F3NO2S/c14-13(15,16)20-10-5-2-1-4-9(10)11(18)17-8-12(19)6-3-7-12/h1-2,4-5,19H,3,6-8H2,(H,17,18). The number of aliphatic hydroxyl groups is 1. The monoisotopic (exact) mass is 305 g/mol. The number of carbonyl (C=O) groups excluding carboxylic acids is 1. The van der Waals surface area contributed by atoms with E-state index in [9.17, 15) is 23.1 Å². The molecule has 0 heterocycles. The van der Waals surface area contributed by atoms with Gasteiger partial charge in [0.25, 0.3) is 5.91 Å². The molecule has 0 saturated heterocycles. The Morgan fingerprint density at radius 3 is 2.55 bits per heavy atom. The first kappa shape index (κ1) is 15.2. The topological polar surface area (TPSA) is 49.3 Å². The Morgan fingerprint density at radius 2 is 2.00 bits per heavy atom. The Labute approximate surface area is 118 Å². The zero-order chi connectivity index (χ0) is 14.8. The molecule has 20 heavy (non-hydrogen) atoms. The maximum Gasteiger partial charge on any atom is 0.446 e. The molecule has 2 N–H and O–H groups in total. The number of alkyl halides is 3. The van der Waals surface area contributed by atoms with Gasteiger partial charge in [-0.15, -0.1) is 0 Å². The molecule has 0 spiro atoms. The summed E-state index contributed by atoms with van der Waals surface area (Å²) in [5, 5.41) is 12.4. The highest BCUT2D eigenvalue weighted by atomic mass is 32.2. The van der Waals surface area contributed by atoms with Crippen LogP contribution in [0.1, 0.15) is 29.6 Å². The van der Waals surface area contributed by atoms with Gasteiger partial charge in [-0.1, -0.05) is 12.1 Å². The fourth-order valence-electron chi connectivity index (χ4n) is 1.97. The minimum Gasteiger partial charge on any atom is -0.388 e. The van der Waals surface area contributed by atoms with Crippen LogP contribution in [0.15, 0.2) is 29.2 Å². The Kier molecular flexibility index (Phi) is 4.29. The van der Waals surface area contributed by atoms with Crippen LogP contribution in [0.3, 0.4) is 0 Å². The summed E-state index contributed by atoms with van der Waals surface area (Å²) < 4.78 is 37.2. The van der Waals surface area contributed by atoms with E-state index in [2.05, 4.69) is 5.32 Å². The predicted octanol–water partition coefficient (Wildman–Crippen LogP) is 2.94. The summed E-state index contributed by atoms with van der Waals surface area (Å²) in [6.07, 6.45) is 2.10. The Bertz CT molecular complexity index is 501. The van der Waals surface area contributed by atoms with Gasteiger partial charge < -0.3 is 10.4 Å². The van der Waals surface area contributed by atoms with Crippen molar-refractivity contribution in [1.82, 2.24) is 5.32 Å². The lowest BCUT2D eigenvalue weighted by atomic mass is 9.80. The van der Waals surface area contributed by atoms with Crippen molar-refractivity contribution in [2.24, 2.45) is 0 Å². The van der Waals surface area contributed by atoms with Gasteiger partial charge >= 0.3 is 5.51 Å². The normalized spacial score (nSPS) is 17.4. The molecular formula is C13H14F3NO2S. The molecule has 0 bridgehead atoms. The van der Waals surface area contributed by atoms with E-state index in [-0.39, 0.29) is 28.8 Å². The molecule has 1 aromatic rings. The third kappa shape index (κ3) is 3.89. The lowest BCUT2D eigenvalue weighted by molar-refractivity contribution is -0.0330. The van der Waals surface area contributed by atoms with E-state index in [4.69, 9.17) is 0 Å². The second kappa shape index (κ2) is 5.65. The molecule has 1 aliphatic rings. The Hall–Kier alpha value is -1.21. The lowest BCUT2D eigenvalue weighted by Gasteiger charge is -2.36. The van der Waals surface area contributed by atoms with Crippen LogP contribution in [0.2, 0.25) is 0 Å². The van der Waals surface area contributed by atoms with Crippen molar-refractivity contribution in [3.63, 3.8) is 0 Å². The number of hydrogen-bond donors (Lipinski definition) is 2.